The van der Waals surface area contributed by atoms with Crippen molar-refractivity contribution < 1.29 is 4.74 Å². The number of thioether (sulfide) groups is 2. The van der Waals surface area contributed by atoms with Crippen molar-refractivity contribution in [1.82, 2.24) is 9.80 Å². The zero-order chi connectivity index (χ0) is 15.4. The molecule has 1 aromatic carbocycles. The van der Waals surface area contributed by atoms with E-state index in [-0.39, 0.29) is 0 Å². The Balaban J connectivity index is 1.55. The van der Waals surface area contributed by atoms with E-state index >= 15 is 0 Å². The van der Waals surface area contributed by atoms with E-state index in [9.17, 15) is 0 Å². The van der Waals surface area contributed by atoms with Gasteiger partial charge in [-0.2, -0.15) is 11.8 Å². The first-order valence-electron chi connectivity index (χ1n) is 7.63. The summed E-state index contributed by atoms with van der Waals surface area (Å²) in [5.74, 6) is 3.21. The maximum atomic E-state index is 5.55. The van der Waals surface area contributed by atoms with E-state index in [1.807, 2.05) is 12.1 Å². The number of hydrogen-bond acceptors (Lipinski definition) is 5. The normalized spacial score (nSPS) is 23.0. The summed E-state index contributed by atoms with van der Waals surface area (Å²) in [6.07, 6.45) is 2.70. The summed E-state index contributed by atoms with van der Waals surface area (Å²) >= 11 is 9.45. The third-order valence-electron chi connectivity index (χ3n) is 4.01. The smallest absolute Gasteiger partial charge is 0.138 e. The van der Waals surface area contributed by atoms with Crippen LogP contribution in [0, 0.1) is 0 Å². The topological polar surface area (TPSA) is 15.7 Å². The quantitative estimate of drug-likeness (QED) is 0.745. The van der Waals surface area contributed by atoms with Gasteiger partial charge in [0.2, 0.25) is 0 Å². The lowest BCUT2D eigenvalue weighted by Crippen LogP contribution is -2.46. The Morgan fingerprint density at radius 1 is 1.32 bits per heavy atom. The van der Waals surface area contributed by atoms with Crippen molar-refractivity contribution in [3.63, 3.8) is 0 Å². The first kappa shape index (κ1) is 16.4. The van der Waals surface area contributed by atoms with E-state index in [4.69, 9.17) is 17.0 Å². The molecule has 0 saturated carbocycles. The number of rotatable bonds is 5. The maximum absolute atomic E-state index is 5.55. The standard InChI is InChI=1S/C16H22N2OS3/c1-19-14-6-4-13(5-7-14)9-17-11-18(16(20)22-12-17)10-15-3-2-8-21-15/h4-7,15H,2-3,8-12H2,1H3. The molecule has 1 aromatic rings. The predicted molar refractivity (Wildman–Crippen MR) is 101 cm³/mol. The summed E-state index contributed by atoms with van der Waals surface area (Å²) < 4.78 is 6.29. The molecule has 22 heavy (non-hydrogen) atoms. The molecule has 3 nitrogen and oxygen atoms in total. The van der Waals surface area contributed by atoms with Crippen molar-refractivity contribution in [2.24, 2.45) is 0 Å². The summed E-state index contributed by atoms with van der Waals surface area (Å²) in [6, 6.07) is 8.36. The highest BCUT2D eigenvalue weighted by atomic mass is 32.2. The molecule has 0 N–H and O–H groups in total. The van der Waals surface area contributed by atoms with E-state index in [1.54, 1.807) is 18.9 Å². The maximum Gasteiger partial charge on any atom is 0.138 e. The fourth-order valence-electron chi connectivity index (χ4n) is 2.83. The fraction of sp³-hybridized carbons (Fsp3) is 0.562. The largest absolute Gasteiger partial charge is 0.497 e. The third-order valence-corrected chi connectivity index (χ3v) is 7.00. The minimum absolute atomic E-state index is 0.763. The Morgan fingerprint density at radius 3 is 2.82 bits per heavy atom. The molecular weight excluding hydrogens is 332 g/mol. The van der Waals surface area contributed by atoms with E-state index in [0.717, 1.165) is 41.0 Å². The van der Waals surface area contributed by atoms with E-state index < -0.39 is 0 Å². The molecule has 120 valence electrons. The van der Waals surface area contributed by atoms with E-state index in [2.05, 4.69) is 33.7 Å². The fourth-order valence-corrected chi connectivity index (χ4v) is 5.19. The molecule has 0 amide bonds. The molecular formula is C16H22N2OS3. The average molecular weight is 355 g/mol. The van der Waals surface area contributed by atoms with Crippen LogP contribution in [0.2, 0.25) is 0 Å². The van der Waals surface area contributed by atoms with Gasteiger partial charge in [0, 0.05) is 18.3 Å². The monoisotopic (exact) mass is 354 g/mol. The average Bonchev–Trinajstić information content (AvgIpc) is 3.04. The Bertz CT molecular complexity index is 503. The Kier molecular flexibility index (Phi) is 5.90. The summed E-state index contributed by atoms with van der Waals surface area (Å²) in [4.78, 5) is 4.85. The molecule has 3 rings (SSSR count). The van der Waals surface area contributed by atoms with Gasteiger partial charge in [-0.1, -0.05) is 36.1 Å². The van der Waals surface area contributed by atoms with Crippen LogP contribution in [0.15, 0.2) is 24.3 Å². The number of thiocarbonyl (C=S) groups is 1. The molecule has 0 radical (unpaired) electrons. The summed E-state index contributed by atoms with van der Waals surface area (Å²) in [5, 5.41) is 0.763. The van der Waals surface area contributed by atoms with Gasteiger partial charge in [0.25, 0.3) is 0 Å². The lowest BCUT2D eigenvalue weighted by Gasteiger charge is -2.37. The lowest BCUT2D eigenvalue weighted by atomic mass is 10.2. The molecule has 2 aliphatic rings. The van der Waals surface area contributed by atoms with Crippen LogP contribution < -0.4 is 4.74 Å². The molecule has 0 bridgehead atoms. The minimum atomic E-state index is 0.763. The molecule has 2 fully saturated rings. The van der Waals surface area contributed by atoms with Crippen LogP contribution in [0.4, 0.5) is 0 Å². The van der Waals surface area contributed by atoms with Crippen LogP contribution in [-0.2, 0) is 6.54 Å². The molecule has 1 atom stereocenters. The molecule has 0 aliphatic carbocycles. The van der Waals surface area contributed by atoms with Crippen molar-refractivity contribution in [1.29, 1.82) is 0 Å². The van der Waals surface area contributed by atoms with Crippen molar-refractivity contribution in [3.05, 3.63) is 29.8 Å². The second-order valence-electron chi connectivity index (χ2n) is 5.72. The predicted octanol–water partition coefficient (Wildman–Crippen LogP) is 3.64. The van der Waals surface area contributed by atoms with E-state index in [0.29, 0.717) is 0 Å². The Morgan fingerprint density at radius 2 is 2.14 bits per heavy atom. The van der Waals surface area contributed by atoms with Gasteiger partial charge in [-0.15, -0.1) is 0 Å². The summed E-state index contributed by atoms with van der Waals surface area (Å²) in [7, 11) is 1.70. The van der Waals surface area contributed by atoms with Gasteiger partial charge in [0.1, 0.15) is 10.1 Å². The third kappa shape index (κ3) is 4.31. The summed E-state index contributed by atoms with van der Waals surface area (Å²) in [6.45, 7) is 3.03. The van der Waals surface area contributed by atoms with Gasteiger partial charge < -0.3 is 9.64 Å². The zero-order valence-electron chi connectivity index (χ0n) is 12.9. The Labute approximate surface area is 146 Å². The highest BCUT2D eigenvalue weighted by Gasteiger charge is 2.26. The molecule has 2 aliphatic heterocycles. The number of ether oxygens (including phenoxy) is 1. The van der Waals surface area contributed by atoms with Crippen molar-refractivity contribution in [3.8, 4) is 5.75 Å². The second-order valence-corrected chi connectivity index (χ2v) is 8.70. The highest BCUT2D eigenvalue weighted by molar-refractivity contribution is 8.22. The molecule has 0 aromatic heterocycles. The number of benzene rings is 1. The van der Waals surface area contributed by atoms with Gasteiger partial charge >= 0.3 is 0 Å². The number of hydrogen-bond donors (Lipinski definition) is 0. The van der Waals surface area contributed by atoms with E-state index in [1.165, 1.54) is 24.2 Å². The van der Waals surface area contributed by atoms with Crippen molar-refractivity contribution >= 4 is 40.1 Å². The molecule has 6 heteroatoms. The second kappa shape index (κ2) is 7.90. The van der Waals surface area contributed by atoms with Crippen LogP contribution in [0.5, 0.6) is 5.75 Å². The zero-order valence-corrected chi connectivity index (χ0v) is 15.3. The first-order chi connectivity index (χ1) is 10.7. The number of nitrogens with zero attached hydrogens (tertiary/aromatic N) is 2. The molecule has 2 heterocycles. The van der Waals surface area contributed by atoms with Crippen molar-refractivity contribution in [2.45, 2.75) is 24.6 Å². The van der Waals surface area contributed by atoms with Gasteiger partial charge in [0.05, 0.1) is 19.7 Å². The van der Waals surface area contributed by atoms with Crippen LogP contribution in [0.3, 0.4) is 0 Å². The minimum Gasteiger partial charge on any atom is -0.497 e. The van der Waals surface area contributed by atoms with Gasteiger partial charge in [-0.3, -0.25) is 4.90 Å². The van der Waals surface area contributed by atoms with Crippen LogP contribution in [-0.4, -0.2) is 51.3 Å². The summed E-state index contributed by atoms with van der Waals surface area (Å²) in [5.41, 5.74) is 1.32. The highest BCUT2D eigenvalue weighted by Crippen LogP contribution is 2.29. The molecule has 2 saturated heterocycles. The van der Waals surface area contributed by atoms with Gasteiger partial charge in [0.15, 0.2) is 0 Å². The number of methoxy groups -OCH3 is 1. The van der Waals surface area contributed by atoms with Crippen LogP contribution in [0.1, 0.15) is 18.4 Å². The SMILES string of the molecule is COc1ccc(CN2CSC(=S)N(CC3CCCS3)C2)cc1. The molecule has 1 unspecified atom stereocenters. The lowest BCUT2D eigenvalue weighted by molar-refractivity contribution is 0.205. The van der Waals surface area contributed by atoms with Gasteiger partial charge in [-0.05, 0) is 36.3 Å². The van der Waals surface area contributed by atoms with Crippen molar-refractivity contribution in [2.75, 3.05) is 32.0 Å². The van der Waals surface area contributed by atoms with Crippen LogP contribution >= 0.6 is 35.7 Å². The van der Waals surface area contributed by atoms with Gasteiger partial charge in [-0.25, -0.2) is 0 Å². The first-order valence-corrected chi connectivity index (χ1v) is 10.1. The van der Waals surface area contributed by atoms with Crippen LogP contribution in [0.25, 0.3) is 0 Å². The molecule has 0 spiro atoms. The Hall–Kier alpha value is -0.430.